The molecule has 1 atom stereocenters. The molecule has 1 saturated carbocycles. The molecule has 0 amide bonds. The van der Waals surface area contributed by atoms with Gasteiger partial charge in [-0.2, -0.15) is 5.10 Å². The Hall–Kier alpha value is -0.350. The van der Waals surface area contributed by atoms with Crippen molar-refractivity contribution in [3.8, 4) is 0 Å². The van der Waals surface area contributed by atoms with Gasteiger partial charge in [0.25, 0.3) is 0 Å². The molecule has 21 heavy (non-hydrogen) atoms. The SMILES string of the molecule is CCc1nn(CC)c(CC2(C3CC3)CCCCCN2)c1Br. The van der Waals surface area contributed by atoms with Gasteiger partial charge >= 0.3 is 0 Å². The average molecular weight is 354 g/mol. The molecule has 0 bridgehead atoms. The van der Waals surface area contributed by atoms with E-state index in [1.54, 1.807) is 0 Å². The predicted octanol–water partition coefficient (Wildman–Crippen LogP) is 4.08. The van der Waals surface area contributed by atoms with Gasteiger partial charge in [-0.3, -0.25) is 4.68 Å². The summed E-state index contributed by atoms with van der Waals surface area (Å²) in [4.78, 5) is 0. The van der Waals surface area contributed by atoms with Crippen LogP contribution in [0.1, 0.15) is 63.8 Å². The topological polar surface area (TPSA) is 29.9 Å². The van der Waals surface area contributed by atoms with Crippen molar-refractivity contribution >= 4 is 15.9 Å². The van der Waals surface area contributed by atoms with Crippen LogP contribution in [0.4, 0.5) is 0 Å². The number of halogens is 1. The molecule has 2 heterocycles. The second-order valence-electron chi connectivity index (χ2n) is 6.72. The monoisotopic (exact) mass is 353 g/mol. The quantitative estimate of drug-likeness (QED) is 0.863. The smallest absolute Gasteiger partial charge is 0.0766 e. The van der Waals surface area contributed by atoms with Crippen molar-refractivity contribution in [3.05, 3.63) is 15.9 Å². The van der Waals surface area contributed by atoms with Crippen LogP contribution in [0.15, 0.2) is 4.47 Å². The zero-order valence-electron chi connectivity index (χ0n) is 13.4. The molecule has 1 aromatic heterocycles. The molecule has 0 spiro atoms. The molecule has 1 unspecified atom stereocenters. The van der Waals surface area contributed by atoms with Gasteiger partial charge in [-0.25, -0.2) is 0 Å². The number of rotatable bonds is 5. The fourth-order valence-electron chi connectivity index (χ4n) is 3.93. The Balaban J connectivity index is 1.90. The molecule has 2 aliphatic rings. The van der Waals surface area contributed by atoms with Crippen LogP contribution in [0.3, 0.4) is 0 Å². The molecular weight excluding hydrogens is 326 g/mol. The first-order chi connectivity index (χ1) is 10.2. The fraction of sp³-hybridized carbons (Fsp3) is 0.824. The van der Waals surface area contributed by atoms with Gasteiger partial charge in [0.2, 0.25) is 0 Å². The number of nitrogens with one attached hydrogen (secondary N) is 1. The van der Waals surface area contributed by atoms with Gasteiger partial charge in [-0.1, -0.05) is 19.8 Å². The van der Waals surface area contributed by atoms with Crippen molar-refractivity contribution in [2.45, 2.75) is 77.3 Å². The highest BCUT2D eigenvalue weighted by molar-refractivity contribution is 9.10. The summed E-state index contributed by atoms with van der Waals surface area (Å²) in [5.41, 5.74) is 2.96. The van der Waals surface area contributed by atoms with Gasteiger partial charge < -0.3 is 5.32 Å². The highest BCUT2D eigenvalue weighted by Gasteiger charge is 2.45. The predicted molar refractivity (Wildman–Crippen MR) is 90.6 cm³/mol. The maximum Gasteiger partial charge on any atom is 0.0766 e. The lowest BCUT2D eigenvalue weighted by molar-refractivity contribution is 0.264. The van der Waals surface area contributed by atoms with Crippen molar-refractivity contribution in [2.24, 2.45) is 5.92 Å². The standard InChI is InChI=1S/C17H28BrN3/c1-3-14-16(18)15(21(4-2)20-14)12-17(13-8-9-13)10-6-5-7-11-19-17/h13,19H,3-12H2,1-2H3. The molecule has 0 aromatic carbocycles. The van der Waals surface area contributed by atoms with E-state index in [-0.39, 0.29) is 0 Å². The third-order valence-corrected chi connectivity index (χ3v) is 6.23. The van der Waals surface area contributed by atoms with Crippen molar-refractivity contribution < 1.29 is 0 Å². The minimum Gasteiger partial charge on any atom is -0.311 e. The molecule has 2 fully saturated rings. The molecule has 3 nitrogen and oxygen atoms in total. The Bertz CT molecular complexity index is 482. The van der Waals surface area contributed by atoms with E-state index in [1.165, 1.54) is 60.9 Å². The molecule has 3 rings (SSSR count). The van der Waals surface area contributed by atoms with Gasteiger partial charge in [0, 0.05) is 18.5 Å². The van der Waals surface area contributed by atoms with E-state index in [0.29, 0.717) is 5.54 Å². The van der Waals surface area contributed by atoms with Gasteiger partial charge in [-0.05, 0) is 67.4 Å². The molecule has 1 N–H and O–H groups in total. The Labute approximate surface area is 137 Å². The van der Waals surface area contributed by atoms with Crippen LogP contribution in [-0.2, 0) is 19.4 Å². The van der Waals surface area contributed by atoms with Crippen molar-refractivity contribution in [1.29, 1.82) is 0 Å². The summed E-state index contributed by atoms with van der Waals surface area (Å²) >= 11 is 3.83. The lowest BCUT2D eigenvalue weighted by Crippen LogP contribution is -2.49. The number of nitrogens with zero attached hydrogens (tertiary/aromatic N) is 2. The van der Waals surface area contributed by atoms with Crippen molar-refractivity contribution in [1.82, 2.24) is 15.1 Å². The largest absolute Gasteiger partial charge is 0.311 e. The lowest BCUT2D eigenvalue weighted by Gasteiger charge is -2.34. The molecule has 4 heteroatoms. The highest BCUT2D eigenvalue weighted by Crippen LogP contribution is 2.46. The van der Waals surface area contributed by atoms with Gasteiger partial charge in [0.1, 0.15) is 0 Å². The molecular formula is C17H28BrN3. The van der Waals surface area contributed by atoms with E-state index in [0.717, 1.165) is 25.3 Å². The summed E-state index contributed by atoms with van der Waals surface area (Å²) < 4.78 is 3.48. The molecule has 1 aliphatic heterocycles. The Kier molecular flexibility index (Phi) is 4.75. The van der Waals surface area contributed by atoms with Crippen LogP contribution in [0.2, 0.25) is 0 Å². The first kappa shape index (κ1) is 15.5. The molecule has 1 saturated heterocycles. The number of aromatic nitrogens is 2. The Morgan fingerprint density at radius 1 is 1.29 bits per heavy atom. The van der Waals surface area contributed by atoms with Crippen LogP contribution < -0.4 is 5.32 Å². The molecule has 0 radical (unpaired) electrons. The number of aryl methyl sites for hydroxylation is 2. The third kappa shape index (κ3) is 3.07. The fourth-order valence-corrected chi connectivity index (χ4v) is 4.64. The maximum atomic E-state index is 4.79. The van der Waals surface area contributed by atoms with Crippen LogP contribution in [0.25, 0.3) is 0 Å². The Morgan fingerprint density at radius 3 is 2.76 bits per heavy atom. The van der Waals surface area contributed by atoms with E-state index < -0.39 is 0 Å². The molecule has 1 aliphatic carbocycles. The highest BCUT2D eigenvalue weighted by atomic mass is 79.9. The second-order valence-corrected chi connectivity index (χ2v) is 7.51. The summed E-state index contributed by atoms with van der Waals surface area (Å²) in [6, 6.07) is 0. The number of hydrogen-bond donors (Lipinski definition) is 1. The van der Waals surface area contributed by atoms with Crippen molar-refractivity contribution in [2.75, 3.05) is 6.54 Å². The van der Waals surface area contributed by atoms with Crippen LogP contribution in [0, 0.1) is 5.92 Å². The summed E-state index contributed by atoms with van der Waals surface area (Å²) in [5.74, 6) is 0.882. The normalized spacial score (nSPS) is 26.8. The average Bonchev–Trinajstić information content (AvgIpc) is 3.30. The first-order valence-electron chi connectivity index (χ1n) is 8.69. The van der Waals surface area contributed by atoms with E-state index in [1.807, 2.05) is 0 Å². The van der Waals surface area contributed by atoms with E-state index in [2.05, 4.69) is 39.8 Å². The zero-order chi connectivity index (χ0) is 14.9. The molecule has 118 valence electrons. The van der Waals surface area contributed by atoms with Gasteiger partial charge in [0.15, 0.2) is 0 Å². The van der Waals surface area contributed by atoms with Crippen LogP contribution in [0.5, 0.6) is 0 Å². The minimum atomic E-state index is 0.330. The first-order valence-corrected chi connectivity index (χ1v) is 9.48. The second kappa shape index (κ2) is 6.41. The summed E-state index contributed by atoms with van der Waals surface area (Å²) in [7, 11) is 0. The van der Waals surface area contributed by atoms with Gasteiger partial charge in [-0.15, -0.1) is 0 Å². The lowest BCUT2D eigenvalue weighted by atomic mass is 9.83. The van der Waals surface area contributed by atoms with E-state index in [9.17, 15) is 0 Å². The Morgan fingerprint density at radius 2 is 2.10 bits per heavy atom. The van der Waals surface area contributed by atoms with E-state index in [4.69, 9.17) is 5.10 Å². The van der Waals surface area contributed by atoms with Crippen molar-refractivity contribution in [3.63, 3.8) is 0 Å². The summed E-state index contributed by atoms with van der Waals surface area (Å²) in [6.45, 7) is 6.55. The van der Waals surface area contributed by atoms with E-state index >= 15 is 0 Å². The number of hydrogen-bond acceptors (Lipinski definition) is 2. The summed E-state index contributed by atoms with van der Waals surface area (Å²) in [6.07, 6.45) is 10.4. The zero-order valence-corrected chi connectivity index (χ0v) is 15.0. The summed E-state index contributed by atoms with van der Waals surface area (Å²) in [5, 5.41) is 8.74. The van der Waals surface area contributed by atoms with Crippen LogP contribution in [-0.4, -0.2) is 21.9 Å². The molecule has 1 aromatic rings. The van der Waals surface area contributed by atoms with Gasteiger partial charge in [0.05, 0.1) is 15.9 Å². The minimum absolute atomic E-state index is 0.330. The third-order valence-electron chi connectivity index (χ3n) is 5.31. The van der Waals surface area contributed by atoms with Crippen LogP contribution >= 0.6 is 15.9 Å². The maximum absolute atomic E-state index is 4.79.